The molecule has 0 bridgehead atoms. The molecule has 0 radical (unpaired) electrons. The third kappa shape index (κ3) is 2.97. The number of carbonyl (C=O) groups is 3. The van der Waals surface area contributed by atoms with Crippen LogP contribution >= 0.6 is 0 Å². The molecule has 2 heterocycles. The summed E-state index contributed by atoms with van der Waals surface area (Å²) in [7, 11) is 1.94. The minimum absolute atomic E-state index is 0.252. The van der Waals surface area contributed by atoms with Crippen LogP contribution in [-0.4, -0.2) is 41.8 Å². The number of allylic oxidation sites excluding steroid dienone is 1. The first-order chi connectivity index (χ1) is 15.2. The molecule has 32 heavy (non-hydrogen) atoms. The summed E-state index contributed by atoms with van der Waals surface area (Å²) in [4.78, 5) is 42.1. The normalized spacial score (nSPS) is 24.7. The highest BCUT2D eigenvalue weighted by Crippen LogP contribution is 2.46. The Bertz CT molecular complexity index is 1180. The summed E-state index contributed by atoms with van der Waals surface area (Å²) >= 11 is 0. The lowest BCUT2D eigenvalue weighted by atomic mass is 9.78. The topological polar surface area (TPSA) is 69.7 Å². The van der Waals surface area contributed by atoms with E-state index < -0.39 is 11.6 Å². The standard InChI is InChI=1S/C26H27N3O3/c1-25(2)20-10-6-7-11-21(20)28(3)22(25)14-19(30)16-29-23(31)26(27-24(29)32)13-12-17-8-4-5-9-18(17)15-26/h4-11,14H,12-13,15-16H2,1-3H3,(H,27,32)/b22-14-. The van der Waals surface area contributed by atoms with Crippen LogP contribution in [0.25, 0.3) is 0 Å². The number of benzene rings is 2. The molecule has 1 spiro atoms. The van der Waals surface area contributed by atoms with Crippen molar-refractivity contribution in [2.45, 2.75) is 44.1 Å². The second kappa shape index (κ2) is 7.05. The van der Waals surface area contributed by atoms with Gasteiger partial charge in [0.2, 0.25) is 0 Å². The lowest BCUT2D eigenvalue weighted by Gasteiger charge is -2.32. The summed E-state index contributed by atoms with van der Waals surface area (Å²) in [5, 5.41) is 2.90. The molecule has 2 aromatic carbocycles. The number of imide groups is 1. The highest BCUT2D eigenvalue weighted by Gasteiger charge is 2.52. The first-order valence-electron chi connectivity index (χ1n) is 11.0. The van der Waals surface area contributed by atoms with Crippen LogP contribution in [0.3, 0.4) is 0 Å². The molecule has 6 nitrogen and oxygen atoms in total. The van der Waals surface area contributed by atoms with E-state index in [1.54, 1.807) is 6.08 Å². The molecule has 5 rings (SSSR count). The summed E-state index contributed by atoms with van der Waals surface area (Å²) < 4.78 is 0. The SMILES string of the molecule is CN1/C(=C\C(=O)CN2C(=O)NC3(CCc4ccccc4C3)C2=O)C(C)(C)c2ccccc21. The molecule has 0 aromatic heterocycles. The van der Waals surface area contributed by atoms with Crippen LogP contribution in [-0.2, 0) is 27.8 Å². The molecule has 1 fully saturated rings. The third-order valence-electron chi connectivity index (χ3n) is 7.23. The van der Waals surface area contributed by atoms with Crippen LogP contribution in [0.4, 0.5) is 10.5 Å². The van der Waals surface area contributed by atoms with Crippen LogP contribution < -0.4 is 10.2 Å². The van der Waals surface area contributed by atoms with Crippen molar-refractivity contribution in [2.24, 2.45) is 0 Å². The Morgan fingerprint density at radius 2 is 1.75 bits per heavy atom. The molecular weight excluding hydrogens is 402 g/mol. The van der Waals surface area contributed by atoms with Gasteiger partial charge in [-0.1, -0.05) is 56.3 Å². The number of nitrogens with one attached hydrogen (secondary N) is 1. The first kappa shape index (κ1) is 20.5. The number of anilines is 1. The number of aryl methyl sites for hydroxylation is 1. The van der Waals surface area contributed by atoms with Gasteiger partial charge >= 0.3 is 6.03 Å². The van der Waals surface area contributed by atoms with Crippen LogP contribution in [0.15, 0.2) is 60.3 Å². The number of carbonyl (C=O) groups excluding carboxylic acids is 3. The Labute approximate surface area is 187 Å². The van der Waals surface area contributed by atoms with E-state index in [4.69, 9.17) is 0 Å². The number of amides is 3. The van der Waals surface area contributed by atoms with Crippen molar-refractivity contribution in [3.05, 3.63) is 77.0 Å². The van der Waals surface area contributed by atoms with Crippen molar-refractivity contribution in [3.63, 3.8) is 0 Å². The van der Waals surface area contributed by atoms with Gasteiger partial charge in [-0.05, 0) is 35.6 Å². The predicted molar refractivity (Wildman–Crippen MR) is 122 cm³/mol. The summed E-state index contributed by atoms with van der Waals surface area (Å²) in [6, 6.07) is 15.6. The molecule has 1 aliphatic carbocycles. The van der Waals surface area contributed by atoms with Gasteiger partial charge in [-0.25, -0.2) is 4.79 Å². The van der Waals surface area contributed by atoms with Crippen molar-refractivity contribution in [3.8, 4) is 0 Å². The number of hydrogen-bond acceptors (Lipinski definition) is 4. The number of hydrogen-bond donors (Lipinski definition) is 1. The van der Waals surface area contributed by atoms with Crippen LogP contribution in [0.1, 0.15) is 37.0 Å². The fraction of sp³-hybridized carbons (Fsp3) is 0.346. The molecule has 1 N–H and O–H groups in total. The molecule has 3 aliphatic rings. The number of nitrogens with zero attached hydrogens (tertiary/aromatic N) is 2. The Morgan fingerprint density at radius 1 is 1.06 bits per heavy atom. The maximum Gasteiger partial charge on any atom is 0.325 e. The molecule has 0 saturated carbocycles. The number of para-hydroxylation sites is 1. The minimum atomic E-state index is -0.946. The van der Waals surface area contributed by atoms with E-state index in [1.807, 2.05) is 48.3 Å². The second-order valence-electron chi connectivity index (χ2n) is 9.55. The lowest BCUT2D eigenvalue weighted by molar-refractivity contribution is -0.134. The smallest absolute Gasteiger partial charge is 0.325 e. The van der Waals surface area contributed by atoms with Crippen molar-refractivity contribution >= 4 is 23.4 Å². The second-order valence-corrected chi connectivity index (χ2v) is 9.55. The number of rotatable bonds is 3. The fourth-order valence-corrected chi connectivity index (χ4v) is 5.46. The average Bonchev–Trinajstić information content (AvgIpc) is 3.11. The highest BCUT2D eigenvalue weighted by molar-refractivity contribution is 6.10. The van der Waals surface area contributed by atoms with Gasteiger partial charge < -0.3 is 10.2 Å². The molecule has 2 aromatic rings. The van der Waals surface area contributed by atoms with E-state index in [2.05, 4.69) is 31.3 Å². The van der Waals surface area contributed by atoms with Gasteiger partial charge in [-0.15, -0.1) is 0 Å². The largest absolute Gasteiger partial charge is 0.347 e. The molecular formula is C26H27N3O3. The number of urea groups is 1. The zero-order valence-electron chi connectivity index (χ0n) is 18.6. The van der Waals surface area contributed by atoms with E-state index in [1.165, 1.54) is 5.56 Å². The highest BCUT2D eigenvalue weighted by atomic mass is 16.2. The van der Waals surface area contributed by atoms with Crippen molar-refractivity contribution in [2.75, 3.05) is 18.5 Å². The number of ketones is 1. The molecule has 1 unspecified atom stereocenters. The van der Waals surface area contributed by atoms with E-state index in [0.717, 1.165) is 33.8 Å². The van der Waals surface area contributed by atoms with Gasteiger partial charge in [-0.3, -0.25) is 14.5 Å². The molecule has 164 valence electrons. The average molecular weight is 430 g/mol. The molecule has 2 aliphatic heterocycles. The van der Waals surface area contributed by atoms with Crippen molar-refractivity contribution in [1.29, 1.82) is 0 Å². The van der Waals surface area contributed by atoms with Crippen LogP contribution in [0, 0.1) is 0 Å². The molecule has 6 heteroatoms. The predicted octanol–water partition coefficient (Wildman–Crippen LogP) is 3.35. The van der Waals surface area contributed by atoms with Crippen LogP contribution in [0.5, 0.6) is 0 Å². The zero-order chi connectivity index (χ0) is 22.7. The zero-order valence-corrected chi connectivity index (χ0v) is 18.6. The summed E-state index contributed by atoms with van der Waals surface area (Å²) in [5.74, 6) is -0.560. The fourth-order valence-electron chi connectivity index (χ4n) is 5.46. The first-order valence-corrected chi connectivity index (χ1v) is 11.0. The van der Waals surface area contributed by atoms with Gasteiger partial charge in [0.1, 0.15) is 5.54 Å². The third-order valence-corrected chi connectivity index (χ3v) is 7.23. The Morgan fingerprint density at radius 3 is 2.50 bits per heavy atom. The monoisotopic (exact) mass is 429 g/mol. The number of likely N-dealkylation sites (N-methyl/N-ethyl adjacent to an activating group) is 1. The number of fused-ring (bicyclic) bond motifs is 2. The summed E-state index contributed by atoms with van der Waals surface area (Å²) in [5.41, 5.74) is 4.07. The van der Waals surface area contributed by atoms with Gasteiger partial charge in [0, 0.05) is 36.3 Å². The van der Waals surface area contributed by atoms with Gasteiger partial charge in [-0.2, -0.15) is 0 Å². The van der Waals surface area contributed by atoms with Gasteiger partial charge in [0.05, 0.1) is 6.54 Å². The van der Waals surface area contributed by atoms with Gasteiger partial charge in [0.25, 0.3) is 5.91 Å². The minimum Gasteiger partial charge on any atom is -0.347 e. The van der Waals surface area contributed by atoms with Crippen LogP contribution in [0.2, 0.25) is 0 Å². The van der Waals surface area contributed by atoms with E-state index in [9.17, 15) is 14.4 Å². The molecule has 3 amide bonds. The maximum absolute atomic E-state index is 13.3. The van der Waals surface area contributed by atoms with E-state index in [-0.39, 0.29) is 23.7 Å². The van der Waals surface area contributed by atoms with Crippen molar-refractivity contribution < 1.29 is 14.4 Å². The summed E-state index contributed by atoms with van der Waals surface area (Å²) in [6.45, 7) is 3.91. The van der Waals surface area contributed by atoms with E-state index >= 15 is 0 Å². The lowest BCUT2D eigenvalue weighted by Crippen LogP contribution is -2.51. The Balaban J connectivity index is 1.37. The molecule has 1 saturated heterocycles. The maximum atomic E-state index is 13.3. The van der Waals surface area contributed by atoms with Gasteiger partial charge in [0.15, 0.2) is 5.78 Å². The van der Waals surface area contributed by atoms with E-state index in [0.29, 0.717) is 12.8 Å². The Kier molecular flexibility index (Phi) is 4.52. The Hall–Kier alpha value is -3.41. The molecule has 1 atom stereocenters. The van der Waals surface area contributed by atoms with Crippen molar-refractivity contribution in [1.82, 2.24) is 10.2 Å². The summed E-state index contributed by atoms with van der Waals surface area (Å²) in [6.07, 6.45) is 3.32. The quantitative estimate of drug-likeness (QED) is 0.600.